The number of nitrogens with zero attached hydrogens (tertiary/aromatic N) is 3. The molecule has 0 saturated carbocycles. The van der Waals surface area contributed by atoms with Gasteiger partial charge < -0.3 is 10.1 Å². The van der Waals surface area contributed by atoms with E-state index in [0.717, 1.165) is 31.9 Å². The lowest BCUT2D eigenvalue weighted by Crippen LogP contribution is -2.22. The molecule has 13 heavy (non-hydrogen) atoms. The lowest BCUT2D eigenvalue weighted by atomic mass is 10.4. The molecule has 1 N–H and O–H groups in total. The van der Waals surface area contributed by atoms with Crippen molar-refractivity contribution in [1.29, 1.82) is 0 Å². The molecular formula is C8H16N4O. The van der Waals surface area contributed by atoms with Gasteiger partial charge in [-0.15, -0.1) is 0 Å². The van der Waals surface area contributed by atoms with Crippen LogP contribution in [0.4, 0.5) is 0 Å². The minimum absolute atomic E-state index is 0.749. The first-order valence-corrected chi connectivity index (χ1v) is 4.37. The van der Waals surface area contributed by atoms with E-state index in [1.165, 1.54) is 0 Å². The van der Waals surface area contributed by atoms with Crippen LogP contribution in [-0.2, 0) is 18.2 Å². The molecule has 74 valence electrons. The SMILES string of the molecule is COCCNCCc1ncnn1C. The summed E-state index contributed by atoms with van der Waals surface area (Å²) in [7, 11) is 3.60. The summed E-state index contributed by atoms with van der Waals surface area (Å²) in [6, 6.07) is 0. The molecule has 0 fully saturated rings. The Bertz CT molecular complexity index is 236. The summed E-state index contributed by atoms with van der Waals surface area (Å²) in [6.07, 6.45) is 2.48. The van der Waals surface area contributed by atoms with Crippen LogP contribution in [0.5, 0.6) is 0 Å². The number of aromatic nitrogens is 3. The molecule has 0 aliphatic heterocycles. The Hall–Kier alpha value is -0.940. The highest BCUT2D eigenvalue weighted by molar-refractivity contribution is 4.83. The van der Waals surface area contributed by atoms with Crippen LogP contribution < -0.4 is 5.32 Å². The summed E-state index contributed by atoms with van der Waals surface area (Å²) in [5.74, 6) is 1.00. The molecule has 0 unspecified atom stereocenters. The molecule has 0 aliphatic carbocycles. The molecule has 0 radical (unpaired) electrons. The normalized spacial score (nSPS) is 10.6. The van der Waals surface area contributed by atoms with Gasteiger partial charge in [-0.3, -0.25) is 4.68 Å². The van der Waals surface area contributed by atoms with Gasteiger partial charge in [0.2, 0.25) is 0 Å². The van der Waals surface area contributed by atoms with Crippen LogP contribution in [0.2, 0.25) is 0 Å². The minimum atomic E-state index is 0.749. The lowest BCUT2D eigenvalue weighted by Gasteiger charge is -2.02. The van der Waals surface area contributed by atoms with Gasteiger partial charge in [-0.2, -0.15) is 5.10 Å². The zero-order valence-corrected chi connectivity index (χ0v) is 8.16. The van der Waals surface area contributed by atoms with Crippen LogP contribution in [-0.4, -0.2) is 41.6 Å². The zero-order valence-electron chi connectivity index (χ0n) is 8.16. The topological polar surface area (TPSA) is 52.0 Å². The van der Waals surface area contributed by atoms with Crippen molar-refractivity contribution in [2.45, 2.75) is 6.42 Å². The molecule has 0 spiro atoms. The van der Waals surface area contributed by atoms with Crippen molar-refractivity contribution in [2.75, 3.05) is 26.8 Å². The van der Waals surface area contributed by atoms with Gasteiger partial charge in [0.25, 0.3) is 0 Å². The zero-order chi connectivity index (χ0) is 9.52. The van der Waals surface area contributed by atoms with Crippen molar-refractivity contribution >= 4 is 0 Å². The van der Waals surface area contributed by atoms with Gasteiger partial charge in [0.15, 0.2) is 0 Å². The van der Waals surface area contributed by atoms with E-state index in [0.29, 0.717) is 0 Å². The van der Waals surface area contributed by atoms with Gasteiger partial charge in [0.1, 0.15) is 12.2 Å². The number of methoxy groups -OCH3 is 1. The number of ether oxygens (including phenoxy) is 1. The summed E-state index contributed by atoms with van der Waals surface area (Å²) < 4.78 is 6.70. The molecule has 0 aliphatic rings. The predicted octanol–water partition coefficient (Wildman–Crippen LogP) is -0.406. The number of hydrogen-bond donors (Lipinski definition) is 1. The molecular weight excluding hydrogens is 168 g/mol. The third kappa shape index (κ3) is 3.52. The van der Waals surface area contributed by atoms with Crippen LogP contribution in [0.25, 0.3) is 0 Å². The first-order valence-electron chi connectivity index (χ1n) is 4.37. The van der Waals surface area contributed by atoms with Crippen molar-refractivity contribution in [1.82, 2.24) is 20.1 Å². The lowest BCUT2D eigenvalue weighted by molar-refractivity contribution is 0.199. The Kier molecular flexibility index (Phi) is 4.42. The fourth-order valence-corrected chi connectivity index (χ4v) is 1.05. The van der Waals surface area contributed by atoms with Gasteiger partial charge in [0, 0.05) is 33.7 Å². The van der Waals surface area contributed by atoms with Crippen LogP contribution in [0, 0.1) is 0 Å². The Morgan fingerprint density at radius 3 is 3.00 bits per heavy atom. The van der Waals surface area contributed by atoms with Crippen LogP contribution in [0.1, 0.15) is 5.82 Å². The fourth-order valence-electron chi connectivity index (χ4n) is 1.05. The molecule has 0 saturated heterocycles. The molecule has 1 aromatic rings. The quantitative estimate of drug-likeness (QED) is 0.611. The average Bonchev–Trinajstić information content (AvgIpc) is 2.52. The maximum atomic E-state index is 4.91. The Morgan fingerprint density at radius 1 is 1.54 bits per heavy atom. The second-order valence-electron chi connectivity index (χ2n) is 2.79. The maximum absolute atomic E-state index is 4.91. The highest BCUT2D eigenvalue weighted by Gasteiger charge is 1.98. The van der Waals surface area contributed by atoms with E-state index in [2.05, 4.69) is 15.4 Å². The van der Waals surface area contributed by atoms with Crippen LogP contribution >= 0.6 is 0 Å². The summed E-state index contributed by atoms with van der Waals surface area (Å²) in [5, 5.41) is 7.23. The highest BCUT2D eigenvalue weighted by atomic mass is 16.5. The average molecular weight is 184 g/mol. The van der Waals surface area contributed by atoms with Crippen molar-refractivity contribution in [3.63, 3.8) is 0 Å². The van der Waals surface area contributed by atoms with E-state index >= 15 is 0 Å². The number of hydrogen-bond acceptors (Lipinski definition) is 4. The summed E-state index contributed by atoms with van der Waals surface area (Å²) in [5.41, 5.74) is 0. The molecule has 5 nitrogen and oxygen atoms in total. The van der Waals surface area contributed by atoms with Crippen molar-refractivity contribution < 1.29 is 4.74 Å². The van der Waals surface area contributed by atoms with E-state index < -0.39 is 0 Å². The van der Waals surface area contributed by atoms with E-state index in [1.807, 2.05) is 7.05 Å². The molecule has 1 rings (SSSR count). The van der Waals surface area contributed by atoms with Gasteiger partial charge in [-0.1, -0.05) is 0 Å². The van der Waals surface area contributed by atoms with Gasteiger partial charge in [0.05, 0.1) is 6.61 Å². The summed E-state index contributed by atoms with van der Waals surface area (Å²) in [6.45, 7) is 2.54. The van der Waals surface area contributed by atoms with Crippen LogP contribution in [0.15, 0.2) is 6.33 Å². The summed E-state index contributed by atoms with van der Waals surface area (Å²) >= 11 is 0. The second-order valence-corrected chi connectivity index (χ2v) is 2.79. The number of aryl methyl sites for hydroxylation is 1. The third-order valence-corrected chi connectivity index (χ3v) is 1.81. The van der Waals surface area contributed by atoms with Gasteiger partial charge >= 0.3 is 0 Å². The standard InChI is InChI=1S/C8H16N4O/c1-12-8(10-7-11-12)3-4-9-5-6-13-2/h7,9H,3-6H2,1-2H3. The van der Waals surface area contributed by atoms with Crippen molar-refractivity contribution in [2.24, 2.45) is 7.05 Å². The fraction of sp³-hybridized carbons (Fsp3) is 0.750. The minimum Gasteiger partial charge on any atom is -0.383 e. The molecule has 0 atom stereocenters. The smallest absolute Gasteiger partial charge is 0.138 e. The molecule has 5 heteroatoms. The van der Waals surface area contributed by atoms with E-state index in [-0.39, 0.29) is 0 Å². The maximum Gasteiger partial charge on any atom is 0.138 e. The second kappa shape index (κ2) is 5.66. The van der Waals surface area contributed by atoms with E-state index in [1.54, 1.807) is 18.1 Å². The van der Waals surface area contributed by atoms with E-state index in [9.17, 15) is 0 Å². The molecule has 0 amide bonds. The van der Waals surface area contributed by atoms with Gasteiger partial charge in [-0.25, -0.2) is 4.98 Å². The van der Waals surface area contributed by atoms with E-state index in [4.69, 9.17) is 4.74 Å². The monoisotopic (exact) mass is 184 g/mol. The highest BCUT2D eigenvalue weighted by Crippen LogP contribution is 1.89. The molecule has 0 aromatic carbocycles. The molecule has 1 heterocycles. The van der Waals surface area contributed by atoms with Crippen LogP contribution in [0.3, 0.4) is 0 Å². The largest absolute Gasteiger partial charge is 0.383 e. The Morgan fingerprint density at radius 2 is 2.38 bits per heavy atom. The Labute approximate surface area is 78.1 Å². The van der Waals surface area contributed by atoms with Gasteiger partial charge in [-0.05, 0) is 0 Å². The van der Waals surface area contributed by atoms with Crippen molar-refractivity contribution in [3.05, 3.63) is 12.2 Å². The first-order chi connectivity index (χ1) is 6.34. The Balaban J connectivity index is 2.10. The van der Waals surface area contributed by atoms with Crippen molar-refractivity contribution in [3.8, 4) is 0 Å². The molecule has 0 bridgehead atoms. The summed E-state index contributed by atoms with van der Waals surface area (Å²) in [4.78, 5) is 4.11. The predicted molar refractivity (Wildman–Crippen MR) is 49.5 cm³/mol. The number of nitrogens with one attached hydrogen (secondary N) is 1. The third-order valence-electron chi connectivity index (χ3n) is 1.81. The first kappa shape index (κ1) is 10.1. The molecule has 1 aromatic heterocycles. The number of rotatable bonds is 6.